The minimum absolute atomic E-state index is 0.0356. The summed E-state index contributed by atoms with van der Waals surface area (Å²) in [6, 6.07) is 18.6. The lowest BCUT2D eigenvalue weighted by atomic mass is 10.2. The van der Waals surface area contributed by atoms with Crippen LogP contribution in [0.4, 0.5) is 10.1 Å². The number of benzene rings is 3. The van der Waals surface area contributed by atoms with Gasteiger partial charge in [0.05, 0.1) is 32.5 Å². The normalized spacial score (nSPS) is 11.6. The number of fused-ring (bicyclic) bond motifs is 1. The highest BCUT2D eigenvalue weighted by Gasteiger charge is 2.14. The van der Waals surface area contributed by atoms with Crippen molar-refractivity contribution >= 4 is 57.8 Å². The lowest BCUT2D eigenvalue weighted by Gasteiger charge is -2.00. The van der Waals surface area contributed by atoms with Crippen LogP contribution in [0.25, 0.3) is 33.9 Å². The Labute approximate surface area is 196 Å². The number of hydrogen-bond donors (Lipinski definition) is 0. The van der Waals surface area contributed by atoms with Crippen molar-refractivity contribution in [3.8, 4) is 22.8 Å². The molecule has 0 atom stereocenters. The van der Waals surface area contributed by atoms with Crippen molar-refractivity contribution in [3.63, 3.8) is 0 Å². The van der Waals surface area contributed by atoms with E-state index in [2.05, 4.69) is 9.98 Å². The minimum Gasteiger partial charge on any atom is -0.455 e. The maximum atomic E-state index is 13.4. The molecule has 0 saturated carbocycles. The van der Waals surface area contributed by atoms with Gasteiger partial charge in [-0.2, -0.15) is 0 Å². The molecule has 3 aromatic carbocycles. The standard InChI is InChI=1S/C24H12Cl3FN2O2/c25-17-3-1-2-16(23(17)27)24-30-20-11-14(5-8-22(20)32-24)29-12-15-6-9-21(31-15)13-4-7-19(28)18(26)10-13/h1-12H. The van der Waals surface area contributed by atoms with Crippen molar-refractivity contribution in [2.45, 2.75) is 0 Å². The molecule has 0 radical (unpaired) electrons. The first-order chi connectivity index (χ1) is 15.5. The van der Waals surface area contributed by atoms with E-state index in [1.165, 1.54) is 12.1 Å². The number of nitrogens with zero attached hydrogens (tertiary/aromatic N) is 2. The van der Waals surface area contributed by atoms with Crippen LogP contribution >= 0.6 is 34.8 Å². The molecule has 0 aliphatic carbocycles. The summed E-state index contributed by atoms with van der Waals surface area (Å²) in [6.07, 6.45) is 1.59. The van der Waals surface area contributed by atoms with E-state index in [0.29, 0.717) is 55.4 Å². The Bertz CT molecular complexity index is 1490. The van der Waals surface area contributed by atoms with Crippen LogP contribution in [0, 0.1) is 5.82 Å². The number of halogens is 4. The number of hydrogen-bond acceptors (Lipinski definition) is 4. The first-order valence-corrected chi connectivity index (χ1v) is 10.6. The lowest BCUT2D eigenvalue weighted by Crippen LogP contribution is -1.80. The molecule has 0 unspecified atom stereocenters. The van der Waals surface area contributed by atoms with Gasteiger partial charge in [0.15, 0.2) is 5.58 Å². The van der Waals surface area contributed by atoms with Crippen LogP contribution in [-0.4, -0.2) is 11.2 Å². The third-order valence-electron chi connectivity index (χ3n) is 4.72. The summed E-state index contributed by atoms with van der Waals surface area (Å²) >= 11 is 18.2. The molecular weight excluding hydrogens is 474 g/mol. The third kappa shape index (κ3) is 4.02. The Morgan fingerprint density at radius 2 is 1.75 bits per heavy atom. The Morgan fingerprint density at radius 1 is 0.875 bits per heavy atom. The van der Waals surface area contributed by atoms with E-state index < -0.39 is 5.82 Å². The van der Waals surface area contributed by atoms with Crippen LogP contribution in [0.2, 0.25) is 15.1 Å². The second-order valence-corrected chi connectivity index (χ2v) is 8.05. The third-order valence-corrected chi connectivity index (χ3v) is 5.83. The molecule has 158 valence electrons. The van der Waals surface area contributed by atoms with Gasteiger partial charge in [-0.05, 0) is 60.7 Å². The second kappa shape index (κ2) is 8.43. The molecule has 0 N–H and O–H groups in total. The first kappa shape index (κ1) is 20.8. The van der Waals surface area contributed by atoms with Crippen molar-refractivity contribution in [3.05, 3.63) is 93.4 Å². The molecule has 4 nitrogen and oxygen atoms in total. The number of oxazole rings is 1. The molecule has 0 aliphatic heterocycles. The predicted molar refractivity (Wildman–Crippen MR) is 126 cm³/mol. The summed E-state index contributed by atoms with van der Waals surface area (Å²) < 4.78 is 25.0. The van der Waals surface area contributed by atoms with Gasteiger partial charge in [0.25, 0.3) is 0 Å². The summed E-state index contributed by atoms with van der Waals surface area (Å²) in [7, 11) is 0. The van der Waals surface area contributed by atoms with Crippen LogP contribution in [0.3, 0.4) is 0 Å². The fraction of sp³-hybridized carbons (Fsp3) is 0. The smallest absolute Gasteiger partial charge is 0.228 e. The Morgan fingerprint density at radius 3 is 2.59 bits per heavy atom. The minimum atomic E-state index is -0.479. The number of aliphatic imine (C=N–C) groups is 1. The first-order valence-electron chi connectivity index (χ1n) is 9.42. The zero-order valence-corrected chi connectivity index (χ0v) is 18.4. The summed E-state index contributed by atoms with van der Waals surface area (Å²) in [5, 5.41) is 0.848. The van der Waals surface area contributed by atoms with Gasteiger partial charge in [-0.3, -0.25) is 4.99 Å². The van der Waals surface area contributed by atoms with Gasteiger partial charge in [0.2, 0.25) is 5.89 Å². The highest BCUT2D eigenvalue weighted by Crippen LogP contribution is 2.35. The number of aromatic nitrogens is 1. The molecule has 0 aliphatic rings. The fourth-order valence-corrected chi connectivity index (χ4v) is 3.71. The van der Waals surface area contributed by atoms with E-state index in [4.69, 9.17) is 43.6 Å². The van der Waals surface area contributed by atoms with Crippen LogP contribution in [0.5, 0.6) is 0 Å². The molecule has 2 heterocycles. The molecule has 0 fully saturated rings. The quantitative estimate of drug-likeness (QED) is 0.239. The second-order valence-electron chi connectivity index (χ2n) is 6.86. The van der Waals surface area contributed by atoms with Gasteiger partial charge in [-0.15, -0.1) is 0 Å². The lowest BCUT2D eigenvalue weighted by molar-refractivity contribution is 0.574. The maximum Gasteiger partial charge on any atom is 0.228 e. The van der Waals surface area contributed by atoms with E-state index in [-0.39, 0.29) is 5.02 Å². The van der Waals surface area contributed by atoms with Crippen molar-refractivity contribution in [2.24, 2.45) is 4.99 Å². The van der Waals surface area contributed by atoms with Crippen molar-refractivity contribution < 1.29 is 13.2 Å². The SMILES string of the molecule is Fc1ccc(-c2ccc(C=Nc3ccc4oc(-c5cccc(Cl)c5Cl)nc4c3)o2)cc1Cl. The van der Waals surface area contributed by atoms with Crippen molar-refractivity contribution in [2.75, 3.05) is 0 Å². The highest BCUT2D eigenvalue weighted by atomic mass is 35.5. The van der Waals surface area contributed by atoms with Crippen LogP contribution in [0.1, 0.15) is 5.76 Å². The summed E-state index contributed by atoms with van der Waals surface area (Å²) in [4.78, 5) is 8.95. The van der Waals surface area contributed by atoms with Gasteiger partial charge >= 0.3 is 0 Å². The molecule has 5 rings (SSSR count). The predicted octanol–water partition coefficient (Wildman–Crippen LogP) is 8.60. The Hall–Kier alpha value is -3.12. The zero-order valence-electron chi connectivity index (χ0n) is 16.2. The van der Waals surface area contributed by atoms with E-state index >= 15 is 0 Å². The average Bonchev–Trinajstić information content (AvgIpc) is 3.43. The highest BCUT2D eigenvalue weighted by molar-refractivity contribution is 6.43. The molecule has 0 bridgehead atoms. The van der Waals surface area contributed by atoms with Crippen molar-refractivity contribution in [1.82, 2.24) is 4.98 Å². The fourth-order valence-electron chi connectivity index (χ4n) is 3.15. The van der Waals surface area contributed by atoms with Gasteiger partial charge in [-0.1, -0.05) is 40.9 Å². The van der Waals surface area contributed by atoms with Crippen LogP contribution < -0.4 is 0 Å². The zero-order chi connectivity index (χ0) is 22.2. The largest absolute Gasteiger partial charge is 0.455 e. The molecule has 0 spiro atoms. The van der Waals surface area contributed by atoms with Crippen molar-refractivity contribution in [1.29, 1.82) is 0 Å². The van der Waals surface area contributed by atoms with Crippen LogP contribution in [0.15, 0.2) is 80.6 Å². The Kier molecular flexibility index (Phi) is 5.47. The molecule has 32 heavy (non-hydrogen) atoms. The van der Waals surface area contributed by atoms with E-state index in [9.17, 15) is 4.39 Å². The average molecular weight is 486 g/mol. The van der Waals surface area contributed by atoms with Gasteiger partial charge in [0, 0.05) is 5.56 Å². The topological polar surface area (TPSA) is 51.5 Å². The van der Waals surface area contributed by atoms with E-state index in [1.807, 2.05) is 0 Å². The van der Waals surface area contributed by atoms with E-state index in [0.717, 1.165) is 0 Å². The summed E-state index contributed by atoms with van der Waals surface area (Å²) in [5.74, 6) is 0.991. The molecule has 2 aromatic heterocycles. The van der Waals surface area contributed by atoms with E-state index in [1.54, 1.807) is 60.8 Å². The molecule has 0 amide bonds. The van der Waals surface area contributed by atoms with Gasteiger partial charge in [0.1, 0.15) is 22.9 Å². The summed E-state index contributed by atoms with van der Waals surface area (Å²) in [6.45, 7) is 0. The number of furan rings is 1. The molecule has 8 heteroatoms. The number of rotatable bonds is 4. The molecule has 0 saturated heterocycles. The Balaban J connectivity index is 1.40. The summed E-state index contributed by atoms with van der Waals surface area (Å²) in [5.41, 5.74) is 3.18. The van der Waals surface area contributed by atoms with Gasteiger partial charge < -0.3 is 8.83 Å². The monoisotopic (exact) mass is 484 g/mol. The van der Waals surface area contributed by atoms with Crippen LogP contribution in [-0.2, 0) is 0 Å². The maximum absolute atomic E-state index is 13.4. The molecule has 5 aromatic rings. The molecular formula is C24H12Cl3FN2O2. The van der Waals surface area contributed by atoms with Gasteiger partial charge in [-0.25, -0.2) is 9.37 Å².